The van der Waals surface area contributed by atoms with Crippen LogP contribution in [0.2, 0.25) is 0 Å². The number of hydrogen-bond acceptors (Lipinski definition) is 5. The van der Waals surface area contributed by atoms with E-state index in [1.807, 2.05) is 37.3 Å². The zero-order chi connectivity index (χ0) is 21.1. The quantitative estimate of drug-likeness (QED) is 0.676. The highest BCUT2D eigenvalue weighted by Crippen LogP contribution is 2.39. The minimum Gasteiger partial charge on any atom is -0.492 e. The molecule has 152 valence electrons. The lowest BCUT2D eigenvalue weighted by atomic mass is 9.98. The smallest absolute Gasteiger partial charge is 0.248 e. The van der Waals surface area contributed by atoms with E-state index in [4.69, 9.17) is 15.2 Å². The fourth-order valence-electron chi connectivity index (χ4n) is 3.64. The third kappa shape index (κ3) is 3.76. The summed E-state index contributed by atoms with van der Waals surface area (Å²) in [7, 11) is 0. The van der Waals surface area contributed by atoms with Crippen molar-refractivity contribution in [2.75, 3.05) is 6.61 Å². The predicted octanol–water partition coefficient (Wildman–Crippen LogP) is 3.88. The third-order valence-corrected chi connectivity index (χ3v) is 5.20. The molecule has 0 unspecified atom stereocenters. The first-order chi connectivity index (χ1) is 14.6. The molecular weight excluding hydrogens is 380 g/mol. The normalized spacial score (nSPS) is 13.8. The number of rotatable bonds is 6. The lowest BCUT2D eigenvalue weighted by Gasteiger charge is -2.25. The van der Waals surface area contributed by atoms with Gasteiger partial charge >= 0.3 is 0 Å². The van der Waals surface area contributed by atoms with Gasteiger partial charge < -0.3 is 15.2 Å². The summed E-state index contributed by atoms with van der Waals surface area (Å²) in [5.41, 5.74) is 9.05. The summed E-state index contributed by atoms with van der Waals surface area (Å²) in [6.45, 7) is 2.39. The number of Topliss-reactive ketones (excluding diaryl/α,β-unsaturated/α-hetero) is 1. The summed E-state index contributed by atoms with van der Waals surface area (Å²) in [4.78, 5) is 27.8. The van der Waals surface area contributed by atoms with Crippen LogP contribution in [0.5, 0.6) is 11.5 Å². The van der Waals surface area contributed by atoms with Gasteiger partial charge in [-0.05, 0) is 53.9 Å². The second kappa shape index (κ2) is 8.37. The van der Waals surface area contributed by atoms with Crippen molar-refractivity contribution in [1.29, 1.82) is 0 Å². The van der Waals surface area contributed by atoms with Crippen molar-refractivity contribution in [3.63, 3.8) is 0 Å². The minimum absolute atomic E-state index is 0.0882. The summed E-state index contributed by atoms with van der Waals surface area (Å²) < 4.78 is 12.3. The molecule has 1 aliphatic rings. The van der Waals surface area contributed by atoms with E-state index in [1.54, 1.807) is 30.6 Å². The molecular formula is C24H22N2O4. The molecule has 0 saturated carbocycles. The number of primary amides is 1. The number of nitrogens with zero attached hydrogens (tertiary/aromatic N) is 1. The van der Waals surface area contributed by atoms with Crippen LogP contribution in [0.4, 0.5) is 0 Å². The molecule has 2 heterocycles. The van der Waals surface area contributed by atoms with Crippen molar-refractivity contribution in [1.82, 2.24) is 4.98 Å². The van der Waals surface area contributed by atoms with Crippen LogP contribution in [-0.2, 0) is 6.42 Å². The monoisotopic (exact) mass is 402 g/mol. The Kier molecular flexibility index (Phi) is 5.48. The van der Waals surface area contributed by atoms with E-state index >= 15 is 0 Å². The average Bonchev–Trinajstić information content (AvgIpc) is 2.78. The first-order valence-electron chi connectivity index (χ1n) is 9.86. The average molecular weight is 402 g/mol. The van der Waals surface area contributed by atoms with Crippen molar-refractivity contribution in [2.45, 2.75) is 25.9 Å². The molecule has 3 aromatic rings. The molecule has 4 rings (SSSR count). The predicted molar refractivity (Wildman–Crippen MR) is 112 cm³/mol. The zero-order valence-electron chi connectivity index (χ0n) is 16.6. The number of aromatic nitrogens is 1. The van der Waals surface area contributed by atoms with E-state index in [0.717, 1.165) is 16.7 Å². The molecule has 6 nitrogen and oxygen atoms in total. The molecule has 30 heavy (non-hydrogen) atoms. The fourth-order valence-corrected chi connectivity index (χ4v) is 3.64. The van der Waals surface area contributed by atoms with E-state index in [-0.39, 0.29) is 5.78 Å². The number of hydrogen-bond donors (Lipinski definition) is 1. The highest BCUT2D eigenvalue weighted by atomic mass is 16.5. The summed E-state index contributed by atoms with van der Waals surface area (Å²) in [5.74, 6) is 0.883. The van der Waals surface area contributed by atoms with E-state index in [2.05, 4.69) is 4.98 Å². The molecule has 0 spiro atoms. The van der Waals surface area contributed by atoms with Gasteiger partial charge in [0.05, 0.1) is 12.2 Å². The molecule has 0 aliphatic carbocycles. The molecule has 0 saturated heterocycles. The second-order valence-electron chi connectivity index (χ2n) is 7.06. The van der Waals surface area contributed by atoms with Crippen molar-refractivity contribution in [2.24, 2.45) is 5.73 Å². The summed E-state index contributed by atoms with van der Waals surface area (Å²) in [6, 6.07) is 14.4. The number of carbonyl (C=O) groups is 2. The number of benzene rings is 2. The van der Waals surface area contributed by atoms with Gasteiger partial charge in [-0.1, -0.05) is 19.1 Å². The van der Waals surface area contributed by atoms with Gasteiger partial charge in [-0.2, -0.15) is 0 Å². The zero-order valence-corrected chi connectivity index (χ0v) is 16.6. The number of pyridine rings is 1. The van der Waals surface area contributed by atoms with Gasteiger partial charge in [0.15, 0.2) is 5.78 Å². The number of ether oxygens (including phenoxy) is 2. The number of nitrogens with two attached hydrogens (primary N) is 1. The molecule has 6 heteroatoms. The molecule has 0 radical (unpaired) electrons. The number of ketones is 1. The van der Waals surface area contributed by atoms with Crippen molar-refractivity contribution in [3.05, 3.63) is 88.7 Å². The molecule has 1 aromatic heterocycles. The number of amides is 1. The van der Waals surface area contributed by atoms with E-state index in [0.29, 0.717) is 42.1 Å². The van der Waals surface area contributed by atoms with Crippen LogP contribution in [0.15, 0.2) is 60.9 Å². The number of carbonyl (C=O) groups excluding carboxylic acids is 2. The summed E-state index contributed by atoms with van der Waals surface area (Å²) >= 11 is 0. The largest absolute Gasteiger partial charge is 0.492 e. The maximum Gasteiger partial charge on any atom is 0.248 e. The van der Waals surface area contributed by atoms with Crippen LogP contribution in [0, 0.1) is 0 Å². The van der Waals surface area contributed by atoms with Gasteiger partial charge in [0.2, 0.25) is 5.91 Å². The Labute approximate surface area is 174 Å². The Morgan fingerprint density at radius 3 is 2.47 bits per heavy atom. The number of fused-ring (bicyclic) bond motifs is 1. The molecule has 0 bridgehead atoms. The van der Waals surface area contributed by atoms with Crippen molar-refractivity contribution < 1.29 is 19.1 Å². The highest BCUT2D eigenvalue weighted by Gasteiger charge is 2.25. The van der Waals surface area contributed by atoms with Gasteiger partial charge in [-0.15, -0.1) is 0 Å². The maximum absolute atomic E-state index is 12.3. The van der Waals surface area contributed by atoms with Crippen LogP contribution in [0.1, 0.15) is 56.9 Å². The Balaban J connectivity index is 1.76. The van der Waals surface area contributed by atoms with Crippen molar-refractivity contribution in [3.8, 4) is 11.5 Å². The topological polar surface area (TPSA) is 91.5 Å². The van der Waals surface area contributed by atoms with Crippen molar-refractivity contribution >= 4 is 11.7 Å². The highest BCUT2D eigenvalue weighted by molar-refractivity contribution is 6.00. The lowest BCUT2D eigenvalue weighted by molar-refractivity contribution is 0.0931. The molecule has 2 aromatic carbocycles. The standard InChI is InChI=1S/C24H22N2O4/c1-2-18-21(8-7-19-20(27)11-14-29-23(18)19)30-22(16-9-12-26-13-10-16)15-3-5-17(6-4-15)24(25)28/h3-10,12-13,22H,2,11,14H2,1H3,(H2,25,28)/t22-/m0/s1. The third-order valence-electron chi connectivity index (χ3n) is 5.20. The van der Waals surface area contributed by atoms with E-state index in [1.165, 1.54) is 0 Å². The van der Waals surface area contributed by atoms with Gasteiger partial charge in [0, 0.05) is 29.9 Å². The first-order valence-corrected chi connectivity index (χ1v) is 9.86. The minimum atomic E-state index is -0.479. The van der Waals surface area contributed by atoms with Gasteiger partial charge in [-0.3, -0.25) is 14.6 Å². The van der Waals surface area contributed by atoms with E-state index in [9.17, 15) is 9.59 Å². The van der Waals surface area contributed by atoms with Gasteiger partial charge in [-0.25, -0.2) is 0 Å². The maximum atomic E-state index is 12.3. The molecule has 1 atom stereocenters. The first kappa shape index (κ1) is 19.6. The Morgan fingerprint density at radius 2 is 1.80 bits per heavy atom. The van der Waals surface area contributed by atoms with E-state index < -0.39 is 12.0 Å². The molecule has 1 amide bonds. The van der Waals surface area contributed by atoms with Gasteiger partial charge in [0.25, 0.3) is 0 Å². The van der Waals surface area contributed by atoms with Crippen LogP contribution in [0.25, 0.3) is 0 Å². The summed E-state index contributed by atoms with van der Waals surface area (Å²) in [6.07, 6.45) is 4.03. The van der Waals surface area contributed by atoms with Crippen LogP contribution < -0.4 is 15.2 Å². The van der Waals surface area contributed by atoms with Crippen LogP contribution in [0.3, 0.4) is 0 Å². The molecule has 2 N–H and O–H groups in total. The van der Waals surface area contributed by atoms with Crippen LogP contribution >= 0.6 is 0 Å². The Hall–Kier alpha value is -3.67. The van der Waals surface area contributed by atoms with Crippen LogP contribution in [-0.4, -0.2) is 23.3 Å². The second-order valence-corrected chi connectivity index (χ2v) is 7.06. The summed E-state index contributed by atoms with van der Waals surface area (Å²) in [5, 5.41) is 0. The SMILES string of the molecule is CCc1c(O[C@H](c2ccncc2)c2ccc(C(N)=O)cc2)ccc2c1OCCC2=O. The Morgan fingerprint density at radius 1 is 1.10 bits per heavy atom. The fraction of sp³-hybridized carbons (Fsp3) is 0.208. The molecule has 1 aliphatic heterocycles. The lowest BCUT2D eigenvalue weighted by Crippen LogP contribution is -2.18. The van der Waals surface area contributed by atoms with Gasteiger partial charge in [0.1, 0.15) is 17.6 Å². The molecule has 0 fully saturated rings. The Bertz CT molecular complexity index is 1080.